The molecule has 102 valence electrons. The second-order valence-corrected chi connectivity index (χ2v) is 5.87. The van der Waals surface area contributed by atoms with Crippen LogP contribution in [-0.4, -0.2) is 23.3 Å². The van der Waals surface area contributed by atoms with Gasteiger partial charge in [-0.15, -0.1) is 0 Å². The van der Waals surface area contributed by atoms with Crippen LogP contribution in [-0.2, 0) is 17.1 Å². The summed E-state index contributed by atoms with van der Waals surface area (Å²) in [6.45, 7) is 3.31. The van der Waals surface area contributed by atoms with Crippen LogP contribution in [0.2, 0.25) is 0 Å². The molecule has 0 aliphatic carbocycles. The van der Waals surface area contributed by atoms with Crippen molar-refractivity contribution >= 4 is 15.7 Å². The number of benzene rings is 1. The molecule has 0 atom stereocenters. The van der Waals surface area contributed by atoms with Gasteiger partial charge in [-0.25, -0.2) is 8.42 Å². The first-order valence-corrected chi connectivity index (χ1v) is 7.12. The minimum atomic E-state index is -3.77. The molecule has 2 rings (SSSR count). The Morgan fingerprint density at radius 3 is 2.42 bits per heavy atom. The van der Waals surface area contributed by atoms with Crippen molar-refractivity contribution in [1.29, 1.82) is 0 Å². The van der Waals surface area contributed by atoms with E-state index in [-0.39, 0.29) is 16.3 Å². The molecule has 19 heavy (non-hydrogen) atoms. The van der Waals surface area contributed by atoms with Gasteiger partial charge in [0.1, 0.15) is 10.6 Å². The van der Waals surface area contributed by atoms with Crippen molar-refractivity contribution in [1.82, 2.24) is 9.78 Å². The van der Waals surface area contributed by atoms with Gasteiger partial charge < -0.3 is 5.11 Å². The third-order valence-corrected chi connectivity index (χ3v) is 4.48. The highest BCUT2D eigenvalue weighted by atomic mass is 32.2. The van der Waals surface area contributed by atoms with E-state index >= 15 is 0 Å². The summed E-state index contributed by atoms with van der Waals surface area (Å²) >= 11 is 0. The molecule has 0 spiro atoms. The number of nitrogens with one attached hydrogen (secondary N) is 1. The summed E-state index contributed by atoms with van der Waals surface area (Å²) in [5, 5.41) is 13.7. The average Bonchev–Trinajstić information content (AvgIpc) is 2.56. The van der Waals surface area contributed by atoms with Crippen LogP contribution in [0.3, 0.4) is 0 Å². The topological polar surface area (TPSA) is 84.2 Å². The van der Waals surface area contributed by atoms with E-state index in [0.29, 0.717) is 11.4 Å². The Morgan fingerprint density at radius 2 is 1.89 bits per heavy atom. The van der Waals surface area contributed by atoms with Crippen molar-refractivity contribution in [2.24, 2.45) is 7.05 Å². The SMILES string of the molecule is Cc1nn(C)c(C)c1S(=O)(=O)Nc1ccccc1O. The van der Waals surface area contributed by atoms with Gasteiger partial charge in [-0.3, -0.25) is 9.40 Å². The normalized spacial score (nSPS) is 11.5. The lowest BCUT2D eigenvalue weighted by Crippen LogP contribution is -2.15. The maximum absolute atomic E-state index is 12.3. The smallest absolute Gasteiger partial charge is 0.265 e. The number of phenolic OH excluding ortho intramolecular Hbond substituents is 1. The van der Waals surface area contributed by atoms with Gasteiger partial charge in [-0.1, -0.05) is 12.1 Å². The fourth-order valence-electron chi connectivity index (χ4n) is 1.90. The fraction of sp³-hybridized carbons (Fsp3) is 0.250. The molecule has 6 nitrogen and oxygen atoms in total. The van der Waals surface area contributed by atoms with Crippen molar-refractivity contribution in [2.45, 2.75) is 18.7 Å². The molecule has 1 heterocycles. The molecule has 0 aliphatic heterocycles. The van der Waals surface area contributed by atoms with Gasteiger partial charge in [0.25, 0.3) is 10.0 Å². The third kappa shape index (κ3) is 2.41. The highest BCUT2D eigenvalue weighted by Gasteiger charge is 2.24. The van der Waals surface area contributed by atoms with Gasteiger partial charge in [0.05, 0.1) is 17.1 Å². The number of aromatic nitrogens is 2. The monoisotopic (exact) mass is 281 g/mol. The number of nitrogens with zero attached hydrogens (tertiary/aromatic N) is 2. The predicted molar refractivity (Wildman–Crippen MR) is 71.6 cm³/mol. The van der Waals surface area contributed by atoms with Crippen LogP contribution in [0.25, 0.3) is 0 Å². The number of hydrogen-bond donors (Lipinski definition) is 2. The number of anilines is 1. The van der Waals surface area contributed by atoms with Gasteiger partial charge in [-0.2, -0.15) is 5.10 Å². The van der Waals surface area contributed by atoms with Gasteiger partial charge in [-0.05, 0) is 26.0 Å². The van der Waals surface area contributed by atoms with Crippen LogP contribution in [0.5, 0.6) is 5.75 Å². The molecule has 0 saturated carbocycles. The zero-order valence-electron chi connectivity index (χ0n) is 10.9. The summed E-state index contributed by atoms with van der Waals surface area (Å²) in [6.07, 6.45) is 0. The Morgan fingerprint density at radius 1 is 1.26 bits per heavy atom. The number of aromatic hydroxyl groups is 1. The highest BCUT2D eigenvalue weighted by Crippen LogP contribution is 2.27. The molecule has 1 aromatic carbocycles. The van der Waals surface area contributed by atoms with E-state index in [1.54, 1.807) is 33.0 Å². The molecular formula is C12H15N3O3S. The van der Waals surface area contributed by atoms with E-state index in [0.717, 1.165) is 0 Å². The van der Waals surface area contributed by atoms with E-state index in [1.165, 1.54) is 16.8 Å². The quantitative estimate of drug-likeness (QED) is 0.836. The summed E-state index contributed by atoms with van der Waals surface area (Å²) < 4.78 is 28.5. The number of hydrogen-bond acceptors (Lipinski definition) is 4. The van der Waals surface area contributed by atoms with Crippen LogP contribution < -0.4 is 4.72 Å². The molecule has 0 bridgehead atoms. The van der Waals surface area contributed by atoms with Gasteiger partial charge in [0, 0.05) is 7.05 Å². The van der Waals surface area contributed by atoms with Crippen LogP contribution in [0.15, 0.2) is 29.2 Å². The molecule has 2 aromatic rings. The molecule has 1 aromatic heterocycles. The van der Waals surface area contributed by atoms with Crippen LogP contribution in [0.4, 0.5) is 5.69 Å². The van der Waals surface area contributed by atoms with Gasteiger partial charge >= 0.3 is 0 Å². The number of aryl methyl sites for hydroxylation is 2. The molecule has 2 N–H and O–H groups in total. The summed E-state index contributed by atoms with van der Waals surface area (Å²) in [4.78, 5) is 0.137. The highest BCUT2D eigenvalue weighted by molar-refractivity contribution is 7.92. The molecular weight excluding hydrogens is 266 g/mol. The zero-order chi connectivity index (χ0) is 14.2. The first kappa shape index (κ1) is 13.4. The van der Waals surface area contributed by atoms with Crippen molar-refractivity contribution in [2.75, 3.05) is 4.72 Å². The van der Waals surface area contributed by atoms with Crippen LogP contribution >= 0.6 is 0 Å². The molecule has 7 heteroatoms. The molecule has 0 aliphatic rings. The van der Waals surface area contributed by atoms with E-state index in [1.807, 2.05) is 0 Å². The minimum absolute atomic E-state index is 0.120. The van der Waals surface area contributed by atoms with Gasteiger partial charge in [0.15, 0.2) is 0 Å². The lowest BCUT2D eigenvalue weighted by atomic mass is 10.3. The van der Waals surface area contributed by atoms with Crippen LogP contribution in [0, 0.1) is 13.8 Å². The first-order valence-electron chi connectivity index (χ1n) is 5.64. The Bertz CT molecular complexity index is 720. The van der Waals surface area contributed by atoms with E-state index < -0.39 is 10.0 Å². The van der Waals surface area contributed by atoms with Crippen LogP contribution in [0.1, 0.15) is 11.4 Å². The lowest BCUT2D eigenvalue weighted by molar-refractivity contribution is 0.477. The predicted octanol–water partition coefficient (Wildman–Crippen LogP) is 1.54. The second kappa shape index (κ2) is 4.58. The number of rotatable bonds is 3. The van der Waals surface area contributed by atoms with E-state index in [4.69, 9.17) is 0 Å². The summed E-state index contributed by atoms with van der Waals surface area (Å²) in [5.74, 6) is -0.120. The summed E-state index contributed by atoms with van der Waals surface area (Å²) in [5.41, 5.74) is 1.11. The molecule has 0 radical (unpaired) electrons. The summed E-state index contributed by atoms with van der Waals surface area (Å²) in [6, 6.07) is 6.17. The number of phenols is 1. The Labute approximate surface area is 111 Å². The van der Waals surface area contributed by atoms with Crippen molar-refractivity contribution in [3.63, 3.8) is 0 Å². The van der Waals surface area contributed by atoms with E-state index in [2.05, 4.69) is 9.82 Å². The van der Waals surface area contributed by atoms with Crippen molar-refractivity contribution in [3.05, 3.63) is 35.7 Å². The average molecular weight is 281 g/mol. The van der Waals surface area contributed by atoms with Crippen molar-refractivity contribution < 1.29 is 13.5 Å². The molecule has 0 saturated heterocycles. The maximum Gasteiger partial charge on any atom is 0.265 e. The lowest BCUT2D eigenvalue weighted by Gasteiger charge is -2.09. The Hall–Kier alpha value is -2.02. The standard InChI is InChI=1S/C12H15N3O3S/c1-8-12(9(2)15(3)13-8)19(17,18)14-10-6-4-5-7-11(10)16/h4-7,14,16H,1-3H3. The minimum Gasteiger partial charge on any atom is -0.506 e. The molecule has 0 fully saturated rings. The zero-order valence-corrected chi connectivity index (χ0v) is 11.7. The second-order valence-electron chi connectivity index (χ2n) is 4.25. The number of sulfonamides is 1. The fourth-order valence-corrected chi connectivity index (χ4v) is 3.41. The largest absolute Gasteiger partial charge is 0.506 e. The molecule has 0 unspecified atom stereocenters. The maximum atomic E-state index is 12.3. The Kier molecular flexibility index (Phi) is 3.23. The summed E-state index contributed by atoms with van der Waals surface area (Å²) in [7, 11) is -2.09. The Balaban J connectivity index is 2.47. The first-order chi connectivity index (χ1) is 8.83. The third-order valence-electron chi connectivity index (χ3n) is 2.86. The number of para-hydroxylation sites is 2. The molecule has 0 amide bonds. The van der Waals surface area contributed by atoms with Gasteiger partial charge in [0.2, 0.25) is 0 Å². The van der Waals surface area contributed by atoms with E-state index in [9.17, 15) is 13.5 Å². The van der Waals surface area contributed by atoms with Crippen molar-refractivity contribution in [3.8, 4) is 5.75 Å².